The topological polar surface area (TPSA) is 60.9 Å². The number of anilines is 1. The number of amides is 1. The number of aryl methyl sites for hydroxylation is 1. The van der Waals surface area contributed by atoms with E-state index in [2.05, 4.69) is 36.9 Å². The summed E-state index contributed by atoms with van der Waals surface area (Å²) in [6.45, 7) is 7.04. The smallest absolute Gasteiger partial charge is 0.238 e. The molecule has 0 unspecified atom stereocenters. The molecule has 1 aliphatic carbocycles. The average molecular weight is 394 g/mol. The lowest BCUT2D eigenvalue weighted by molar-refractivity contribution is -0.132. The molecule has 7 heteroatoms. The minimum absolute atomic E-state index is 0.0137. The molecule has 1 heterocycles. The van der Waals surface area contributed by atoms with Crippen molar-refractivity contribution in [3.63, 3.8) is 0 Å². The number of benzene rings is 1. The molecule has 2 aliphatic rings. The van der Waals surface area contributed by atoms with Crippen LogP contribution in [0.5, 0.6) is 0 Å². The molecule has 27 heavy (non-hydrogen) atoms. The molecular weight excluding hydrogens is 362 g/mol. The molecule has 1 amide bonds. The van der Waals surface area contributed by atoms with Crippen LogP contribution in [-0.4, -0.2) is 68.6 Å². The Labute approximate surface area is 163 Å². The van der Waals surface area contributed by atoms with Crippen molar-refractivity contribution < 1.29 is 13.2 Å². The van der Waals surface area contributed by atoms with Crippen LogP contribution in [-0.2, 0) is 14.8 Å². The van der Waals surface area contributed by atoms with E-state index >= 15 is 0 Å². The minimum atomic E-state index is -3.37. The van der Waals surface area contributed by atoms with Crippen LogP contribution in [0.4, 0.5) is 5.69 Å². The molecule has 0 radical (unpaired) electrons. The van der Waals surface area contributed by atoms with E-state index in [0.29, 0.717) is 13.1 Å². The molecule has 2 fully saturated rings. The van der Waals surface area contributed by atoms with Gasteiger partial charge < -0.3 is 9.80 Å². The van der Waals surface area contributed by atoms with Crippen molar-refractivity contribution in [2.45, 2.75) is 45.6 Å². The van der Waals surface area contributed by atoms with Gasteiger partial charge in [0.05, 0.1) is 12.8 Å². The molecule has 1 aromatic carbocycles. The highest BCUT2D eigenvalue weighted by atomic mass is 32.2. The fourth-order valence-corrected chi connectivity index (χ4v) is 5.31. The Morgan fingerprint density at radius 3 is 2.33 bits per heavy atom. The Morgan fingerprint density at radius 1 is 1.11 bits per heavy atom. The third-order valence-electron chi connectivity index (χ3n) is 6.00. The molecular formula is C20H31N3O3S. The third kappa shape index (κ3) is 4.63. The Bertz CT molecular complexity index is 780. The summed E-state index contributed by atoms with van der Waals surface area (Å²) in [5, 5.41) is 0. The van der Waals surface area contributed by atoms with Crippen LogP contribution >= 0.6 is 0 Å². The normalized spacial score (nSPS) is 19.1. The molecule has 1 aliphatic heterocycles. The predicted octanol–water partition coefficient (Wildman–Crippen LogP) is 2.16. The SMILES string of the molecule is Cc1cccc(N2CCN(C(=O)CN(C3CCCC3)S(C)(=O)=O)CC2)c1C. The highest BCUT2D eigenvalue weighted by molar-refractivity contribution is 7.88. The van der Waals surface area contributed by atoms with Gasteiger partial charge in [0.15, 0.2) is 0 Å². The van der Waals surface area contributed by atoms with Gasteiger partial charge in [-0.2, -0.15) is 4.31 Å². The largest absolute Gasteiger partial charge is 0.368 e. The summed E-state index contributed by atoms with van der Waals surface area (Å²) in [5.74, 6) is -0.0760. The molecule has 0 atom stereocenters. The van der Waals surface area contributed by atoms with Crippen molar-refractivity contribution in [2.75, 3.05) is 43.9 Å². The second-order valence-electron chi connectivity index (χ2n) is 7.83. The van der Waals surface area contributed by atoms with E-state index in [1.807, 2.05) is 4.90 Å². The van der Waals surface area contributed by atoms with Crippen molar-refractivity contribution in [1.82, 2.24) is 9.21 Å². The zero-order valence-electron chi connectivity index (χ0n) is 16.6. The van der Waals surface area contributed by atoms with Gasteiger partial charge in [0, 0.05) is 37.9 Å². The molecule has 1 saturated carbocycles. The lowest BCUT2D eigenvalue weighted by atomic mass is 10.1. The molecule has 6 nitrogen and oxygen atoms in total. The summed E-state index contributed by atoms with van der Waals surface area (Å²) in [4.78, 5) is 16.9. The zero-order valence-corrected chi connectivity index (χ0v) is 17.5. The fraction of sp³-hybridized carbons (Fsp3) is 0.650. The highest BCUT2D eigenvalue weighted by Gasteiger charge is 2.33. The molecule has 0 bridgehead atoms. The van der Waals surface area contributed by atoms with E-state index in [9.17, 15) is 13.2 Å². The van der Waals surface area contributed by atoms with Gasteiger partial charge in [-0.3, -0.25) is 4.79 Å². The summed E-state index contributed by atoms with van der Waals surface area (Å²) >= 11 is 0. The Morgan fingerprint density at radius 2 is 1.74 bits per heavy atom. The molecule has 0 N–H and O–H groups in total. The van der Waals surface area contributed by atoms with E-state index < -0.39 is 10.0 Å². The second kappa shape index (κ2) is 8.19. The average Bonchev–Trinajstić information content (AvgIpc) is 3.15. The van der Waals surface area contributed by atoms with Crippen molar-refractivity contribution in [3.8, 4) is 0 Å². The first-order valence-corrected chi connectivity index (χ1v) is 11.7. The first kappa shape index (κ1) is 20.1. The lowest BCUT2D eigenvalue weighted by Gasteiger charge is -2.38. The maximum Gasteiger partial charge on any atom is 0.238 e. The van der Waals surface area contributed by atoms with Crippen LogP contribution < -0.4 is 4.90 Å². The zero-order chi connectivity index (χ0) is 19.6. The number of carbonyl (C=O) groups excluding carboxylic acids is 1. The number of carbonyl (C=O) groups is 1. The molecule has 3 rings (SSSR count). The van der Waals surface area contributed by atoms with Crippen molar-refractivity contribution in [2.24, 2.45) is 0 Å². The number of hydrogen-bond acceptors (Lipinski definition) is 4. The van der Waals surface area contributed by atoms with Crippen LogP contribution in [0.25, 0.3) is 0 Å². The first-order chi connectivity index (χ1) is 12.8. The van der Waals surface area contributed by atoms with Gasteiger partial charge in [-0.1, -0.05) is 25.0 Å². The van der Waals surface area contributed by atoms with E-state index in [4.69, 9.17) is 0 Å². The van der Waals surface area contributed by atoms with Gasteiger partial charge in [0.2, 0.25) is 15.9 Å². The summed E-state index contributed by atoms with van der Waals surface area (Å²) in [7, 11) is -3.37. The van der Waals surface area contributed by atoms with E-state index in [1.54, 1.807) is 0 Å². The van der Waals surface area contributed by atoms with Gasteiger partial charge in [-0.15, -0.1) is 0 Å². The fourth-order valence-electron chi connectivity index (χ4n) is 4.22. The summed E-state index contributed by atoms with van der Waals surface area (Å²) < 4.78 is 25.8. The summed E-state index contributed by atoms with van der Waals surface area (Å²) in [5.41, 5.74) is 3.78. The monoisotopic (exact) mass is 393 g/mol. The molecule has 1 saturated heterocycles. The number of piperazine rings is 1. The van der Waals surface area contributed by atoms with E-state index in [0.717, 1.165) is 38.8 Å². The van der Waals surface area contributed by atoms with Gasteiger partial charge in [0.25, 0.3) is 0 Å². The second-order valence-corrected chi connectivity index (χ2v) is 9.77. The molecule has 0 spiro atoms. The Balaban J connectivity index is 1.61. The van der Waals surface area contributed by atoms with E-state index in [-0.39, 0.29) is 18.5 Å². The number of nitrogens with zero attached hydrogens (tertiary/aromatic N) is 3. The summed E-state index contributed by atoms with van der Waals surface area (Å²) in [6, 6.07) is 6.30. The van der Waals surface area contributed by atoms with Gasteiger partial charge in [-0.05, 0) is 43.9 Å². The van der Waals surface area contributed by atoms with Crippen LogP contribution in [0, 0.1) is 13.8 Å². The van der Waals surface area contributed by atoms with E-state index in [1.165, 1.54) is 27.4 Å². The standard InChI is InChI=1S/C20H31N3O3S/c1-16-7-6-10-19(17(16)2)21-11-13-22(14-12-21)20(24)15-23(27(3,25)26)18-8-4-5-9-18/h6-7,10,18H,4-5,8-9,11-15H2,1-3H3. The van der Waals surface area contributed by atoms with Crippen LogP contribution in [0.2, 0.25) is 0 Å². The third-order valence-corrected chi connectivity index (χ3v) is 7.28. The number of sulfonamides is 1. The predicted molar refractivity (Wildman–Crippen MR) is 109 cm³/mol. The summed E-state index contributed by atoms with van der Waals surface area (Å²) in [6.07, 6.45) is 5.03. The van der Waals surface area contributed by atoms with Crippen molar-refractivity contribution in [3.05, 3.63) is 29.3 Å². The number of rotatable bonds is 5. The van der Waals surface area contributed by atoms with Crippen molar-refractivity contribution >= 4 is 21.6 Å². The Kier molecular flexibility index (Phi) is 6.11. The van der Waals surface area contributed by atoms with Gasteiger partial charge in [-0.25, -0.2) is 8.42 Å². The Hall–Kier alpha value is -1.60. The highest BCUT2D eigenvalue weighted by Crippen LogP contribution is 2.26. The van der Waals surface area contributed by atoms with Crippen LogP contribution in [0.3, 0.4) is 0 Å². The molecule has 150 valence electrons. The van der Waals surface area contributed by atoms with Crippen molar-refractivity contribution in [1.29, 1.82) is 0 Å². The maximum atomic E-state index is 12.8. The lowest BCUT2D eigenvalue weighted by Crippen LogP contribution is -2.53. The quantitative estimate of drug-likeness (QED) is 0.769. The first-order valence-electron chi connectivity index (χ1n) is 9.83. The van der Waals surface area contributed by atoms with Gasteiger partial charge in [0.1, 0.15) is 0 Å². The molecule has 1 aromatic rings. The maximum absolute atomic E-state index is 12.8. The molecule has 0 aromatic heterocycles. The van der Waals surface area contributed by atoms with Crippen LogP contribution in [0.15, 0.2) is 18.2 Å². The van der Waals surface area contributed by atoms with Crippen LogP contribution in [0.1, 0.15) is 36.8 Å². The minimum Gasteiger partial charge on any atom is -0.368 e. The van der Waals surface area contributed by atoms with Gasteiger partial charge >= 0.3 is 0 Å². The number of hydrogen-bond donors (Lipinski definition) is 0.